The number of para-hydroxylation sites is 1. The molecule has 0 aliphatic carbocycles. The van der Waals surface area contributed by atoms with E-state index in [0.717, 1.165) is 16.7 Å². The van der Waals surface area contributed by atoms with Crippen LogP contribution in [0.1, 0.15) is 16.7 Å². The Kier molecular flexibility index (Phi) is 4.53. The van der Waals surface area contributed by atoms with Crippen LogP contribution in [0.2, 0.25) is 0 Å². The van der Waals surface area contributed by atoms with Gasteiger partial charge in [0.1, 0.15) is 6.61 Å². The number of halogens is 1. The van der Waals surface area contributed by atoms with Gasteiger partial charge in [0.05, 0.1) is 0 Å². The van der Waals surface area contributed by atoms with Crippen LogP contribution in [0.25, 0.3) is 0 Å². The second-order valence-electron chi connectivity index (χ2n) is 4.48. The van der Waals surface area contributed by atoms with Crippen molar-refractivity contribution in [1.82, 2.24) is 0 Å². The molecule has 0 amide bonds. The van der Waals surface area contributed by atoms with Crippen LogP contribution < -0.4 is 10.5 Å². The largest absolute Gasteiger partial charge is 0.486 e. The summed E-state index contributed by atoms with van der Waals surface area (Å²) in [5.41, 5.74) is 8.55. The van der Waals surface area contributed by atoms with E-state index in [-0.39, 0.29) is 5.82 Å². The zero-order chi connectivity index (χ0) is 13.7. The van der Waals surface area contributed by atoms with Crippen LogP contribution in [0.3, 0.4) is 0 Å². The number of hydrogen-bond acceptors (Lipinski definition) is 2. The molecule has 19 heavy (non-hydrogen) atoms. The molecule has 0 atom stereocenters. The van der Waals surface area contributed by atoms with Crippen LogP contribution in [-0.4, -0.2) is 6.54 Å². The number of nitrogens with two attached hydrogens (primary N) is 1. The Bertz CT molecular complexity index is 554. The van der Waals surface area contributed by atoms with Gasteiger partial charge in [0.15, 0.2) is 11.6 Å². The minimum absolute atomic E-state index is 0.316. The molecule has 0 spiro atoms. The summed E-state index contributed by atoms with van der Waals surface area (Å²) in [5, 5.41) is 0. The zero-order valence-electron chi connectivity index (χ0n) is 11.0. The molecule has 0 saturated carbocycles. The van der Waals surface area contributed by atoms with Gasteiger partial charge in [-0.2, -0.15) is 0 Å². The van der Waals surface area contributed by atoms with Crippen molar-refractivity contribution in [2.45, 2.75) is 20.0 Å². The maximum Gasteiger partial charge on any atom is 0.165 e. The van der Waals surface area contributed by atoms with Crippen molar-refractivity contribution in [3.63, 3.8) is 0 Å². The first-order chi connectivity index (χ1) is 9.22. The van der Waals surface area contributed by atoms with Crippen molar-refractivity contribution in [2.24, 2.45) is 5.73 Å². The molecule has 2 N–H and O–H groups in total. The average molecular weight is 259 g/mol. The number of ether oxygens (including phenoxy) is 1. The highest BCUT2D eigenvalue weighted by atomic mass is 19.1. The van der Waals surface area contributed by atoms with E-state index < -0.39 is 0 Å². The number of aryl methyl sites for hydroxylation is 1. The maximum atomic E-state index is 13.8. The molecule has 0 unspecified atom stereocenters. The van der Waals surface area contributed by atoms with Gasteiger partial charge in [-0.25, -0.2) is 4.39 Å². The Morgan fingerprint density at radius 1 is 1.05 bits per heavy atom. The van der Waals surface area contributed by atoms with E-state index in [1.807, 2.05) is 37.3 Å². The predicted octanol–water partition coefficient (Wildman–Crippen LogP) is 3.21. The summed E-state index contributed by atoms with van der Waals surface area (Å²) < 4.78 is 19.5. The fourth-order valence-electron chi connectivity index (χ4n) is 1.99. The Labute approximate surface area is 113 Å². The highest BCUT2D eigenvalue weighted by Crippen LogP contribution is 2.24. The standard InChI is InChI=1S/C16H18FNO/c1-12-5-2-3-6-14(12)11-19-16-13(9-10-18)7-4-8-15(16)17/h2-8H,9-11,18H2,1H3. The Morgan fingerprint density at radius 3 is 2.53 bits per heavy atom. The molecule has 0 fully saturated rings. The van der Waals surface area contributed by atoms with E-state index in [1.165, 1.54) is 6.07 Å². The molecule has 0 aromatic heterocycles. The average Bonchev–Trinajstić information content (AvgIpc) is 2.40. The minimum atomic E-state index is -0.334. The Morgan fingerprint density at radius 2 is 1.79 bits per heavy atom. The number of rotatable bonds is 5. The summed E-state index contributed by atoms with van der Waals surface area (Å²) >= 11 is 0. The quantitative estimate of drug-likeness (QED) is 0.894. The van der Waals surface area contributed by atoms with E-state index in [9.17, 15) is 4.39 Å². The first kappa shape index (κ1) is 13.6. The van der Waals surface area contributed by atoms with Crippen LogP contribution in [0, 0.1) is 12.7 Å². The fourth-order valence-corrected chi connectivity index (χ4v) is 1.99. The van der Waals surface area contributed by atoms with Crippen molar-refractivity contribution in [3.05, 3.63) is 65.0 Å². The second kappa shape index (κ2) is 6.34. The zero-order valence-corrected chi connectivity index (χ0v) is 11.0. The van der Waals surface area contributed by atoms with E-state index in [2.05, 4.69) is 0 Å². The minimum Gasteiger partial charge on any atom is -0.486 e. The Hall–Kier alpha value is -1.87. The van der Waals surface area contributed by atoms with Crippen LogP contribution in [0.5, 0.6) is 5.75 Å². The molecular weight excluding hydrogens is 241 g/mol. The molecule has 0 aliphatic rings. The van der Waals surface area contributed by atoms with Gasteiger partial charge in [0.2, 0.25) is 0 Å². The van der Waals surface area contributed by atoms with Crippen molar-refractivity contribution in [1.29, 1.82) is 0 Å². The summed E-state index contributed by atoms with van der Waals surface area (Å²) in [7, 11) is 0. The number of benzene rings is 2. The topological polar surface area (TPSA) is 35.2 Å². The molecule has 3 heteroatoms. The third-order valence-corrected chi connectivity index (χ3v) is 3.10. The first-order valence-corrected chi connectivity index (χ1v) is 6.37. The molecule has 0 heterocycles. The summed E-state index contributed by atoms with van der Waals surface area (Å²) in [5.74, 6) is -0.0178. The van der Waals surface area contributed by atoms with Gasteiger partial charge in [0.25, 0.3) is 0 Å². The molecular formula is C16H18FNO. The summed E-state index contributed by atoms with van der Waals surface area (Å²) in [6, 6.07) is 12.9. The summed E-state index contributed by atoms with van der Waals surface area (Å²) in [6.07, 6.45) is 0.612. The van der Waals surface area contributed by atoms with Gasteiger partial charge in [-0.1, -0.05) is 36.4 Å². The normalized spacial score (nSPS) is 10.5. The number of hydrogen-bond donors (Lipinski definition) is 1. The van der Waals surface area contributed by atoms with Crippen LogP contribution >= 0.6 is 0 Å². The molecule has 2 aromatic carbocycles. The lowest BCUT2D eigenvalue weighted by Crippen LogP contribution is -2.07. The van der Waals surface area contributed by atoms with Gasteiger partial charge in [-0.3, -0.25) is 0 Å². The van der Waals surface area contributed by atoms with Crippen molar-refractivity contribution < 1.29 is 9.13 Å². The van der Waals surface area contributed by atoms with Crippen molar-refractivity contribution in [2.75, 3.05) is 6.54 Å². The predicted molar refractivity (Wildman–Crippen MR) is 74.7 cm³/mol. The van der Waals surface area contributed by atoms with Gasteiger partial charge in [0, 0.05) is 0 Å². The van der Waals surface area contributed by atoms with Gasteiger partial charge < -0.3 is 10.5 Å². The van der Waals surface area contributed by atoms with E-state index >= 15 is 0 Å². The van der Waals surface area contributed by atoms with E-state index in [4.69, 9.17) is 10.5 Å². The van der Waals surface area contributed by atoms with E-state index in [1.54, 1.807) is 6.07 Å². The molecule has 2 rings (SSSR count). The molecule has 2 aromatic rings. The molecule has 0 radical (unpaired) electrons. The van der Waals surface area contributed by atoms with Crippen molar-refractivity contribution in [3.8, 4) is 5.75 Å². The molecule has 0 bridgehead atoms. The molecule has 0 saturated heterocycles. The van der Waals surface area contributed by atoms with Gasteiger partial charge >= 0.3 is 0 Å². The maximum absolute atomic E-state index is 13.8. The lowest BCUT2D eigenvalue weighted by Gasteiger charge is -2.13. The third-order valence-electron chi connectivity index (χ3n) is 3.10. The first-order valence-electron chi connectivity index (χ1n) is 6.37. The molecule has 2 nitrogen and oxygen atoms in total. The smallest absolute Gasteiger partial charge is 0.165 e. The highest BCUT2D eigenvalue weighted by molar-refractivity contribution is 5.36. The molecule has 100 valence electrons. The van der Waals surface area contributed by atoms with Crippen LogP contribution in [0.15, 0.2) is 42.5 Å². The SMILES string of the molecule is Cc1ccccc1COc1c(F)cccc1CCN. The lowest BCUT2D eigenvalue weighted by molar-refractivity contribution is 0.286. The second-order valence-corrected chi connectivity index (χ2v) is 4.48. The van der Waals surface area contributed by atoms with Crippen LogP contribution in [0.4, 0.5) is 4.39 Å². The summed E-state index contributed by atoms with van der Waals surface area (Å²) in [4.78, 5) is 0. The third kappa shape index (κ3) is 3.32. The Balaban J connectivity index is 2.17. The van der Waals surface area contributed by atoms with E-state index in [0.29, 0.717) is 25.3 Å². The fraction of sp³-hybridized carbons (Fsp3) is 0.250. The highest BCUT2D eigenvalue weighted by Gasteiger charge is 2.10. The van der Waals surface area contributed by atoms with Crippen LogP contribution in [-0.2, 0) is 13.0 Å². The van der Waals surface area contributed by atoms with Gasteiger partial charge in [-0.05, 0) is 42.6 Å². The summed E-state index contributed by atoms with van der Waals surface area (Å²) in [6.45, 7) is 2.86. The lowest BCUT2D eigenvalue weighted by atomic mass is 10.1. The monoisotopic (exact) mass is 259 g/mol. The molecule has 0 aliphatic heterocycles. The van der Waals surface area contributed by atoms with Crippen molar-refractivity contribution >= 4 is 0 Å². The van der Waals surface area contributed by atoms with Gasteiger partial charge in [-0.15, -0.1) is 0 Å².